The van der Waals surface area contributed by atoms with Crippen LogP contribution in [0.4, 0.5) is 15.8 Å². The molecule has 2 aromatic carbocycles. The molecule has 4 N–H and O–H groups in total. The van der Waals surface area contributed by atoms with Crippen molar-refractivity contribution in [3.05, 3.63) is 58.9 Å². The lowest BCUT2D eigenvalue weighted by Gasteiger charge is -2.09. The lowest BCUT2D eigenvalue weighted by Crippen LogP contribution is -2.21. The molecule has 0 saturated heterocycles. The van der Waals surface area contributed by atoms with Gasteiger partial charge in [-0.1, -0.05) is 17.7 Å². The summed E-state index contributed by atoms with van der Waals surface area (Å²) in [5.41, 5.74) is 1.66. The van der Waals surface area contributed by atoms with E-state index in [4.69, 9.17) is 16.7 Å². The van der Waals surface area contributed by atoms with Gasteiger partial charge in [-0.05, 0) is 42.0 Å². The maximum absolute atomic E-state index is 13.2. The summed E-state index contributed by atoms with van der Waals surface area (Å²) in [6.45, 7) is 0.344. The average Bonchev–Trinajstić information content (AvgIpc) is 2.33. The van der Waals surface area contributed by atoms with Crippen LogP contribution in [0.2, 0.25) is 5.02 Å². The minimum atomic E-state index is -3.82. The summed E-state index contributed by atoms with van der Waals surface area (Å²) in [6, 6.07) is 10.8. The molecule has 0 aromatic heterocycles. The summed E-state index contributed by atoms with van der Waals surface area (Å²) in [4.78, 5) is 0. The molecule has 21 heavy (non-hydrogen) atoms. The highest BCUT2D eigenvalue weighted by Gasteiger charge is 2.03. The summed E-state index contributed by atoms with van der Waals surface area (Å²) < 4.78 is 37.3. The van der Waals surface area contributed by atoms with Gasteiger partial charge < -0.3 is 5.32 Å². The van der Waals surface area contributed by atoms with Crippen molar-refractivity contribution >= 4 is 33.2 Å². The topological polar surface area (TPSA) is 84.2 Å². The third-order valence-corrected chi connectivity index (χ3v) is 3.28. The molecule has 2 rings (SSSR count). The van der Waals surface area contributed by atoms with E-state index in [1.165, 1.54) is 12.1 Å². The highest BCUT2D eigenvalue weighted by atomic mass is 35.5. The summed E-state index contributed by atoms with van der Waals surface area (Å²) in [5, 5.41) is 8.26. The molecule has 0 bridgehead atoms. The van der Waals surface area contributed by atoms with Gasteiger partial charge in [0.25, 0.3) is 10.2 Å². The Hall–Kier alpha value is -1.83. The molecule has 0 aliphatic heterocycles. The SMILES string of the molecule is NS(=O)(=O)Nc1cccc(NCc2cc(F)cc(Cl)c2)c1. The van der Waals surface area contributed by atoms with E-state index in [1.807, 2.05) is 0 Å². The first-order valence-corrected chi connectivity index (χ1v) is 7.84. The van der Waals surface area contributed by atoms with Gasteiger partial charge in [-0.15, -0.1) is 0 Å². The number of nitrogens with one attached hydrogen (secondary N) is 2. The molecule has 8 heteroatoms. The van der Waals surface area contributed by atoms with Crippen molar-refractivity contribution in [1.82, 2.24) is 0 Å². The first-order chi connectivity index (χ1) is 9.82. The first kappa shape index (κ1) is 15.6. The number of halogens is 2. The van der Waals surface area contributed by atoms with E-state index in [2.05, 4.69) is 10.0 Å². The molecule has 0 spiro atoms. The molecule has 0 atom stereocenters. The van der Waals surface area contributed by atoms with Crippen LogP contribution in [0.25, 0.3) is 0 Å². The van der Waals surface area contributed by atoms with Gasteiger partial charge in [0.15, 0.2) is 0 Å². The van der Waals surface area contributed by atoms with Gasteiger partial charge in [-0.25, -0.2) is 9.53 Å². The quantitative estimate of drug-likeness (QED) is 0.788. The Kier molecular flexibility index (Phi) is 4.66. The van der Waals surface area contributed by atoms with Gasteiger partial charge in [0.2, 0.25) is 0 Å². The molecule has 112 valence electrons. The van der Waals surface area contributed by atoms with E-state index in [9.17, 15) is 12.8 Å². The third kappa shape index (κ3) is 5.22. The zero-order valence-corrected chi connectivity index (χ0v) is 12.4. The fourth-order valence-electron chi connectivity index (χ4n) is 1.77. The number of nitrogens with two attached hydrogens (primary N) is 1. The molecule has 0 radical (unpaired) electrons. The summed E-state index contributed by atoms with van der Waals surface area (Å²) in [7, 11) is -3.82. The van der Waals surface area contributed by atoms with Gasteiger partial charge in [-0.3, -0.25) is 4.72 Å². The normalized spacial score (nSPS) is 11.2. The molecule has 5 nitrogen and oxygen atoms in total. The lowest BCUT2D eigenvalue weighted by molar-refractivity contribution is 0.603. The van der Waals surface area contributed by atoms with Crippen LogP contribution in [0.5, 0.6) is 0 Å². The molecular weight excluding hydrogens is 317 g/mol. The van der Waals surface area contributed by atoms with Gasteiger partial charge in [-0.2, -0.15) is 8.42 Å². The first-order valence-electron chi connectivity index (χ1n) is 5.91. The van der Waals surface area contributed by atoms with Crippen LogP contribution in [0.1, 0.15) is 5.56 Å². The van der Waals surface area contributed by atoms with E-state index in [0.717, 1.165) is 0 Å². The van der Waals surface area contributed by atoms with Crippen LogP contribution in [0.3, 0.4) is 0 Å². The van der Waals surface area contributed by atoms with E-state index in [0.29, 0.717) is 28.5 Å². The predicted molar refractivity (Wildman–Crippen MR) is 81.9 cm³/mol. The number of hydrogen-bond acceptors (Lipinski definition) is 3. The van der Waals surface area contributed by atoms with Crippen LogP contribution in [0.15, 0.2) is 42.5 Å². The van der Waals surface area contributed by atoms with Crippen LogP contribution < -0.4 is 15.2 Å². The maximum Gasteiger partial charge on any atom is 0.296 e. The zero-order chi connectivity index (χ0) is 15.5. The third-order valence-electron chi connectivity index (χ3n) is 2.54. The Bertz CT molecular complexity index is 733. The van der Waals surface area contributed by atoms with Gasteiger partial charge in [0, 0.05) is 17.3 Å². The zero-order valence-electron chi connectivity index (χ0n) is 10.8. The van der Waals surface area contributed by atoms with Crippen molar-refractivity contribution in [3.8, 4) is 0 Å². The monoisotopic (exact) mass is 329 g/mol. The highest BCUT2D eigenvalue weighted by molar-refractivity contribution is 7.90. The van der Waals surface area contributed by atoms with Crippen molar-refractivity contribution in [2.75, 3.05) is 10.0 Å². The molecular formula is C13H13ClFN3O2S. The standard InChI is InChI=1S/C13H13ClFN3O2S/c14-10-4-9(5-11(15)6-10)8-17-12-2-1-3-13(7-12)18-21(16,19)20/h1-7,17-18H,8H2,(H2,16,19,20). The predicted octanol–water partition coefficient (Wildman–Crippen LogP) is 2.71. The second kappa shape index (κ2) is 6.30. The van der Waals surface area contributed by atoms with Gasteiger partial charge in [0.05, 0.1) is 5.69 Å². The Morgan fingerprint density at radius 1 is 1.14 bits per heavy atom. The fraction of sp³-hybridized carbons (Fsp3) is 0.0769. The molecule has 0 fully saturated rings. The van der Waals surface area contributed by atoms with Crippen LogP contribution in [0, 0.1) is 5.82 Å². The molecule has 0 aliphatic rings. The van der Waals surface area contributed by atoms with E-state index < -0.39 is 16.0 Å². The molecule has 0 heterocycles. The number of rotatable bonds is 5. The molecule has 2 aromatic rings. The second-order valence-electron chi connectivity index (χ2n) is 4.36. The molecule has 0 aliphatic carbocycles. The fourth-order valence-corrected chi connectivity index (χ4v) is 2.47. The van der Waals surface area contributed by atoms with Crippen molar-refractivity contribution in [2.24, 2.45) is 5.14 Å². The maximum atomic E-state index is 13.2. The summed E-state index contributed by atoms with van der Waals surface area (Å²) in [6.07, 6.45) is 0. The summed E-state index contributed by atoms with van der Waals surface area (Å²) in [5.74, 6) is -0.413. The Balaban J connectivity index is 2.08. The smallest absolute Gasteiger partial charge is 0.296 e. The summed E-state index contributed by atoms with van der Waals surface area (Å²) >= 11 is 5.77. The van der Waals surface area contributed by atoms with Crippen molar-refractivity contribution in [1.29, 1.82) is 0 Å². The van der Waals surface area contributed by atoms with E-state index in [-0.39, 0.29) is 0 Å². The minimum absolute atomic E-state index is 0.316. The van der Waals surface area contributed by atoms with Crippen molar-refractivity contribution < 1.29 is 12.8 Å². The highest BCUT2D eigenvalue weighted by Crippen LogP contribution is 2.18. The lowest BCUT2D eigenvalue weighted by atomic mass is 10.2. The Morgan fingerprint density at radius 2 is 1.86 bits per heavy atom. The minimum Gasteiger partial charge on any atom is -0.381 e. The number of benzene rings is 2. The van der Waals surface area contributed by atoms with E-state index >= 15 is 0 Å². The van der Waals surface area contributed by atoms with Crippen molar-refractivity contribution in [2.45, 2.75) is 6.54 Å². The average molecular weight is 330 g/mol. The molecule has 0 amide bonds. The Labute approximate surface area is 127 Å². The van der Waals surface area contributed by atoms with Crippen LogP contribution in [-0.2, 0) is 16.8 Å². The molecule has 0 unspecified atom stereocenters. The van der Waals surface area contributed by atoms with E-state index in [1.54, 1.807) is 30.3 Å². The number of anilines is 2. The largest absolute Gasteiger partial charge is 0.381 e. The molecule has 0 saturated carbocycles. The van der Waals surface area contributed by atoms with Crippen LogP contribution in [-0.4, -0.2) is 8.42 Å². The van der Waals surface area contributed by atoms with Gasteiger partial charge in [0.1, 0.15) is 5.82 Å². The van der Waals surface area contributed by atoms with Crippen LogP contribution >= 0.6 is 11.6 Å². The second-order valence-corrected chi connectivity index (χ2v) is 6.09. The van der Waals surface area contributed by atoms with Gasteiger partial charge >= 0.3 is 0 Å². The Morgan fingerprint density at radius 3 is 2.52 bits per heavy atom. The number of hydrogen-bond donors (Lipinski definition) is 3. The van der Waals surface area contributed by atoms with Crippen molar-refractivity contribution in [3.63, 3.8) is 0 Å².